The van der Waals surface area contributed by atoms with E-state index < -0.39 is 6.23 Å². The maximum Gasteiger partial charge on any atom is 0.262 e. The van der Waals surface area contributed by atoms with Crippen molar-refractivity contribution in [2.24, 2.45) is 5.10 Å². The van der Waals surface area contributed by atoms with Gasteiger partial charge in [-0.3, -0.25) is 9.89 Å². The summed E-state index contributed by atoms with van der Waals surface area (Å²) < 4.78 is 8.14. The van der Waals surface area contributed by atoms with Crippen LogP contribution in [0.15, 0.2) is 35.4 Å². The van der Waals surface area contributed by atoms with Gasteiger partial charge < -0.3 is 4.74 Å². The molecule has 5 rings (SSSR count). The van der Waals surface area contributed by atoms with Gasteiger partial charge in [0.2, 0.25) is 12.1 Å². The molecule has 0 fully saturated rings. The lowest BCUT2D eigenvalue weighted by Gasteiger charge is -2.19. The summed E-state index contributed by atoms with van der Waals surface area (Å²) >= 11 is 0. The van der Waals surface area contributed by atoms with Crippen LogP contribution in [0.1, 0.15) is 59.9 Å². The van der Waals surface area contributed by atoms with E-state index in [-0.39, 0.29) is 5.91 Å². The molecule has 2 aromatic heterocycles. The number of aryl methyl sites for hydroxylation is 2. The first-order valence-electron chi connectivity index (χ1n) is 10.3. The molecule has 1 aliphatic carbocycles. The Bertz CT molecular complexity index is 1140. The lowest BCUT2D eigenvalue weighted by atomic mass is 9.96. The van der Waals surface area contributed by atoms with E-state index in [1.54, 1.807) is 0 Å². The number of hydrazone groups is 1. The lowest BCUT2D eigenvalue weighted by molar-refractivity contribution is -0.135. The largest absolute Gasteiger partial charge is 0.444 e. The Morgan fingerprint density at radius 3 is 2.70 bits per heavy atom. The number of ether oxygens (including phenoxy) is 1. The number of para-hydroxylation sites is 1. The third-order valence-corrected chi connectivity index (χ3v) is 5.82. The van der Waals surface area contributed by atoms with Gasteiger partial charge in [-0.25, -0.2) is 4.68 Å². The molecule has 0 bridgehead atoms. The minimum absolute atomic E-state index is 0.189. The minimum Gasteiger partial charge on any atom is -0.444 e. The number of aromatic nitrogens is 4. The molecule has 1 N–H and O–H groups in total. The number of amides is 1. The average molecular weight is 404 g/mol. The third-order valence-electron chi connectivity index (χ3n) is 5.82. The molecule has 0 saturated heterocycles. The zero-order valence-corrected chi connectivity index (χ0v) is 17.3. The maximum absolute atomic E-state index is 12.4. The average Bonchev–Trinajstić information content (AvgIpc) is 3.43. The van der Waals surface area contributed by atoms with Gasteiger partial charge in [-0.15, -0.1) is 5.10 Å². The van der Waals surface area contributed by atoms with Crippen LogP contribution < -0.4 is 0 Å². The fourth-order valence-corrected chi connectivity index (χ4v) is 4.34. The molecule has 8 heteroatoms. The van der Waals surface area contributed by atoms with E-state index in [2.05, 4.69) is 15.3 Å². The molecular weight excluding hydrogens is 380 g/mol. The maximum atomic E-state index is 12.4. The van der Waals surface area contributed by atoms with Gasteiger partial charge >= 0.3 is 0 Å². The number of fused-ring (bicyclic) bond motifs is 1. The van der Waals surface area contributed by atoms with Crippen LogP contribution in [0.25, 0.3) is 5.69 Å². The summed E-state index contributed by atoms with van der Waals surface area (Å²) in [5.41, 5.74) is 6.52. The molecule has 1 aliphatic heterocycles. The molecule has 3 aromatic rings. The summed E-state index contributed by atoms with van der Waals surface area (Å²) in [6.07, 6.45) is 3.54. The highest BCUT2D eigenvalue weighted by Gasteiger charge is 2.38. The summed E-state index contributed by atoms with van der Waals surface area (Å²) in [4.78, 5) is 12.4. The van der Waals surface area contributed by atoms with Gasteiger partial charge in [-0.05, 0) is 51.7 Å². The van der Waals surface area contributed by atoms with Crippen molar-refractivity contribution in [1.82, 2.24) is 25.0 Å². The Kier molecular flexibility index (Phi) is 4.42. The summed E-state index contributed by atoms with van der Waals surface area (Å²) in [7, 11) is 0. The van der Waals surface area contributed by atoms with Crippen LogP contribution in [-0.4, -0.2) is 36.8 Å². The first-order chi connectivity index (χ1) is 14.5. The number of hydrogen-bond acceptors (Lipinski definition) is 5. The smallest absolute Gasteiger partial charge is 0.262 e. The van der Waals surface area contributed by atoms with E-state index in [0.29, 0.717) is 11.6 Å². The number of carbonyl (C=O) groups is 1. The topological polar surface area (TPSA) is 88.4 Å². The Labute approximate surface area is 174 Å². The number of nitrogens with zero attached hydrogens (tertiary/aromatic N) is 5. The predicted octanol–water partition coefficient (Wildman–Crippen LogP) is 3.33. The van der Waals surface area contributed by atoms with Gasteiger partial charge in [0.05, 0.1) is 22.6 Å². The second kappa shape index (κ2) is 7.12. The van der Waals surface area contributed by atoms with Gasteiger partial charge in [-0.2, -0.15) is 15.2 Å². The molecule has 1 atom stereocenters. The second-order valence-electron chi connectivity index (χ2n) is 7.81. The summed E-state index contributed by atoms with van der Waals surface area (Å²) in [5, 5.41) is 18.2. The molecule has 154 valence electrons. The SMILES string of the molecule is CC(=O)N1N=C(c2n[nH]c3c2CCCC3)OC1c1c(C)nn(-c2ccccc2)c1C. The van der Waals surface area contributed by atoms with Crippen molar-refractivity contribution >= 4 is 11.8 Å². The molecule has 1 aromatic carbocycles. The lowest BCUT2D eigenvalue weighted by Crippen LogP contribution is -2.26. The Morgan fingerprint density at radius 2 is 1.93 bits per heavy atom. The van der Waals surface area contributed by atoms with E-state index in [4.69, 9.17) is 9.84 Å². The molecule has 0 spiro atoms. The molecule has 30 heavy (non-hydrogen) atoms. The number of nitrogens with one attached hydrogen (secondary N) is 1. The standard InChI is InChI=1S/C22H24N6O2/c1-13-19(14(2)27(25-13)16-9-5-4-6-10-16)22-28(15(3)29)26-21(30-22)20-17-11-7-8-12-18(17)23-24-20/h4-6,9-10,22H,7-8,11-12H2,1-3H3,(H,23,24). The zero-order chi connectivity index (χ0) is 20.8. The fraction of sp³-hybridized carbons (Fsp3) is 0.364. The monoisotopic (exact) mass is 404 g/mol. The van der Waals surface area contributed by atoms with Crippen molar-refractivity contribution in [3.05, 3.63) is 64.2 Å². The van der Waals surface area contributed by atoms with Crippen LogP contribution >= 0.6 is 0 Å². The third kappa shape index (κ3) is 2.91. The normalized spacial score (nSPS) is 18.2. The number of benzene rings is 1. The van der Waals surface area contributed by atoms with E-state index in [0.717, 1.165) is 59.6 Å². The molecule has 1 unspecified atom stereocenters. The minimum atomic E-state index is -0.661. The van der Waals surface area contributed by atoms with Crippen LogP contribution in [0, 0.1) is 13.8 Å². The van der Waals surface area contributed by atoms with E-state index in [1.807, 2.05) is 48.9 Å². The highest BCUT2D eigenvalue weighted by Crippen LogP contribution is 2.35. The van der Waals surface area contributed by atoms with Crippen LogP contribution in [0.5, 0.6) is 0 Å². The van der Waals surface area contributed by atoms with Crippen molar-refractivity contribution in [3.63, 3.8) is 0 Å². The Morgan fingerprint density at radius 1 is 1.17 bits per heavy atom. The van der Waals surface area contributed by atoms with Gasteiger partial charge in [0.25, 0.3) is 5.90 Å². The van der Waals surface area contributed by atoms with Crippen LogP contribution in [0.3, 0.4) is 0 Å². The van der Waals surface area contributed by atoms with Crippen molar-refractivity contribution in [1.29, 1.82) is 0 Å². The molecule has 8 nitrogen and oxygen atoms in total. The number of H-pyrrole nitrogens is 1. The number of carbonyl (C=O) groups excluding carboxylic acids is 1. The van der Waals surface area contributed by atoms with Crippen LogP contribution in [-0.2, 0) is 22.4 Å². The van der Waals surface area contributed by atoms with Crippen LogP contribution in [0.4, 0.5) is 0 Å². The van der Waals surface area contributed by atoms with Crippen LogP contribution in [0.2, 0.25) is 0 Å². The van der Waals surface area contributed by atoms with Gasteiger partial charge in [0, 0.05) is 18.2 Å². The molecule has 2 aliphatic rings. The van der Waals surface area contributed by atoms with Crippen molar-refractivity contribution in [2.45, 2.75) is 52.7 Å². The molecule has 3 heterocycles. The molecular formula is C22H24N6O2. The molecule has 0 saturated carbocycles. The Hall–Kier alpha value is -3.42. The summed E-state index contributed by atoms with van der Waals surface area (Å²) in [6.45, 7) is 5.41. The summed E-state index contributed by atoms with van der Waals surface area (Å²) in [6, 6.07) is 9.92. The van der Waals surface area contributed by atoms with Crippen molar-refractivity contribution < 1.29 is 9.53 Å². The molecule has 0 radical (unpaired) electrons. The zero-order valence-electron chi connectivity index (χ0n) is 17.3. The first-order valence-corrected chi connectivity index (χ1v) is 10.3. The number of hydrogen-bond donors (Lipinski definition) is 1. The van der Waals surface area contributed by atoms with Crippen molar-refractivity contribution in [3.8, 4) is 5.69 Å². The quantitative estimate of drug-likeness (QED) is 0.725. The first kappa shape index (κ1) is 18.6. The number of rotatable bonds is 3. The van der Waals surface area contributed by atoms with E-state index in [1.165, 1.54) is 11.9 Å². The van der Waals surface area contributed by atoms with E-state index in [9.17, 15) is 4.79 Å². The second-order valence-corrected chi connectivity index (χ2v) is 7.81. The highest BCUT2D eigenvalue weighted by atomic mass is 16.5. The van der Waals surface area contributed by atoms with Gasteiger partial charge in [0.15, 0.2) is 5.69 Å². The summed E-state index contributed by atoms with van der Waals surface area (Å²) in [5.74, 6) is 0.200. The van der Waals surface area contributed by atoms with E-state index >= 15 is 0 Å². The highest BCUT2D eigenvalue weighted by molar-refractivity contribution is 5.96. The predicted molar refractivity (Wildman–Crippen MR) is 111 cm³/mol. The Balaban J connectivity index is 1.54. The number of aromatic amines is 1. The van der Waals surface area contributed by atoms with Gasteiger partial charge in [0.1, 0.15) is 0 Å². The molecule has 1 amide bonds. The van der Waals surface area contributed by atoms with Crippen molar-refractivity contribution in [2.75, 3.05) is 0 Å². The van der Waals surface area contributed by atoms with Gasteiger partial charge in [-0.1, -0.05) is 18.2 Å². The fourth-order valence-electron chi connectivity index (χ4n) is 4.34.